The van der Waals surface area contributed by atoms with Crippen molar-refractivity contribution in [3.05, 3.63) is 95.2 Å². The van der Waals surface area contributed by atoms with Crippen LogP contribution in [0.5, 0.6) is 5.75 Å². The predicted octanol–water partition coefficient (Wildman–Crippen LogP) is 6.77. The van der Waals surface area contributed by atoms with Gasteiger partial charge in [0.05, 0.1) is 18.4 Å². The van der Waals surface area contributed by atoms with Crippen LogP contribution >= 0.6 is 0 Å². The van der Waals surface area contributed by atoms with Crippen LogP contribution in [-0.4, -0.2) is 19.1 Å². The summed E-state index contributed by atoms with van der Waals surface area (Å²) in [6.45, 7) is 2.13. The maximum Gasteiger partial charge on any atom is 0.197 e. The smallest absolute Gasteiger partial charge is 0.197 e. The number of ether oxygens (including phenoxy) is 1. The number of methoxy groups -OCH3 is 1. The molecule has 156 valence electrons. The van der Waals surface area contributed by atoms with E-state index in [4.69, 9.17) is 9.15 Å². The molecular weight excluding hydrogens is 386 g/mol. The lowest BCUT2D eigenvalue weighted by molar-refractivity contribution is 0.103. The zero-order valence-corrected chi connectivity index (χ0v) is 17.8. The van der Waals surface area contributed by atoms with Crippen molar-refractivity contribution >= 4 is 28.7 Å². The normalized spacial score (nSPS) is 11.3. The van der Waals surface area contributed by atoms with Crippen molar-refractivity contribution in [2.45, 2.75) is 26.2 Å². The van der Waals surface area contributed by atoms with Gasteiger partial charge in [0.15, 0.2) is 5.78 Å². The van der Waals surface area contributed by atoms with Gasteiger partial charge in [0, 0.05) is 23.6 Å². The SMILES string of the molecule is CCCCc1oc2ccc(N=Cc3ccccc3)cc2c1C(=O)c1ccc(OC)cc1. The highest BCUT2D eigenvalue weighted by atomic mass is 16.5. The van der Waals surface area contributed by atoms with E-state index in [1.165, 1.54) is 0 Å². The predicted molar refractivity (Wildman–Crippen MR) is 125 cm³/mol. The number of unbranched alkanes of at least 4 members (excludes halogenated alkanes) is 1. The van der Waals surface area contributed by atoms with E-state index in [0.717, 1.165) is 47.4 Å². The Balaban J connectivity index is 1.76. The van der Waals surface area contributed by atoms with Crippen molar-refractivity contribution in [1.29, 1.82) is 0 Å². The Morgan fingerprint density at radius 3 is 2.52 bits per heavy atom. The number of benzene rings is 3. The summed E-state index contributed by atoms with van der Waals surface area (Å²) >= 11 is 0. The van der Waals surface area contributed by atoms with Crippen LogP contribution in [0.15, 0.2) is 82.2 Å². The third kappa shape index (κ3) is 4.58. The molecular formula is C27H25NO3. The minimum absolute atomic E-state index is 0.0447. The van der Waals surface area contributed by atoms with Crippen LogP contribution in [0.25, 0.3) is 11.0 Å². The van der Waals surface area contributed by atoms with E-state index in [1.54, 1.807) is 31.4 Å². The van der Waals surface area contributed by atoms with Crippen molar-refractivity contribution in [3.8, 4) is 5.75 Å². The molecule has 31 heavy (non-hydrogen) atoms. The Morgan fingerprint density at radius 2 is 1.81 bits per heavy atom. The number of rotatable bonds is 8. The maximum atomic E-state index is 13.5. The van der Waals surface area contributed by atoms with E-state index in [2.05, 4.69) is 11.9 Å². The van der Waals surface area contributed by atoms with Crippen molar-refractivity contribution in [1.82, 2.24) is 0 Å². The quantitative estimate of drug-likeness (QED) is 0.238. The summed E-state index contributed by atoms with van der Waals surface area (Å²) in [5, 5.41) is 0.801. The summed E-state index contributed by atoms with van der Waals surface area (Å²) in [6.07, 6.45) is 4.54. The van der Waals surface area contributed by atoms with Crippen molar-refractivity contribution in [3.63, 3.8) is 0 Å². The highest BCUT2D eigenvalue weighted by Crippen LogP contribution is 2.32. The lowest BCUT2D eigenvalue weighted by Gasteiger charge is -2.05. The number of furan rings is 1. The van der Waals surface area contributed by atoms with Gasteiger partial charge in [0.25, 0.3) is 0 Å². The van der Waals surface area contributed by atoms with E-state index in [-0.39, 0.29) is 5.78 Å². The van der Waals surface area contributed by atoms with Gasteiger partial charge in [0.1, 0.15) is 17.1 Å². The zero-order valence-electron chi connectivity index (χ0n) is 17.8. The monoisotopic (exact) mass is 411 g/mol. The summed E-state index contributed by atoms with van der Waals surface area (Å²) in [5.74, 6) is 1.41. The molecule has 1 heterocycles. The molecule has 0 saturated carbocycles. The number of hydrogen-bond donors (Lipinski definition) is 0. The topological polar surface area (TPSA) is 51.8 Å². The van der Waals surface area contributed by atoms with Crippen molar-refractivity contribution in [2.75, 3.05) is 7.11 Å². The number of hydrogen-bond acceptors (Lipinski definition) is 4. The van der Waals surface area contributed by atoms with Crippen molar-refractivity contribution < 1.29 is 13.9 Å². The first-order valence-electron chi connectivity index (χ1n) is 10.5. The molecule has 0 radical (unpaired) electrons. The number of nitrogens with zero attached hydrogens (tertiary/aromatic N) is 1. The van der Waals surface area contributed by atoms with E-state index in [0.29, 0.717) is 16.7 Å². The third-order valence-corrected chi connectivity index (χ3v) is 5.24. The van der Waals surface area contributed by atoms with Gasteiger partial charge in [-0.3, -0.25) is 9.79 Å². The summed E-state index contributed by atoms with van der Waals surface area (Å²) in [6, 6.07) is 22.9. The van der Waals surface area contributed by atoms with Crippen LogP contribution in [0.4, 0.5) is 5.69 Å². The summed E-state index contributed by atoms with van der Waals surface area (Å²) < 4.78 is 11.3. The summed E-state index contributed by atoms with van der Waals surface area (Å²) in [4.78, 5) is 18.1. The zero-order chi connectivity index (χ0) is 21.6. The second-order valence-corrected chi connectivity index (χ2v) is 7.41. The first kappa shape index (κ1) is 20.6. The molecule has 4 nitrogen and oxygen atoms in total. The van der Waals surface area contributed by atoms with Gasteiger partial charge in [-0.2, -0.15) is 0 Å². The molecule has 0 unspecified atom stereocenters. The molecule has 3 aromatic carbocycles. The molecule has 0 N–H and O–H groups in total. The van der Waals surface area contributed by atoms with Gasteiger partial charge in [-0.25, -0.2) is 0 Å². The Morgan fingerprint density at radius 1 is 1.03 bits per heavy atom. The first-order chi connectivity index (χ1) is 15.2. The van der Waals surface area contributed by atoms with Crippen LogP contribution in [0.1, 0.15) is 47.0 Å². The molecule has 0 spiro atoms. The molecule has 4 rings (SSSR count). The van der Waals surface area contributed by atoms with E-state index >= 15 is 0 Å². The number of carbonyl (C=O) groups excluding carboxylic acids is 1. The summed E-state index contributed by atoms with van der Waals surface area (Å²) in [7, 11) is 1.61. The lowest BCUT2D eigenvalue weighted by Crippen LogP contribution is -2.04. The second kappa shape index (κ2) is 9.43. The van der Waals surface area contributed by atoms with Crippen LogP contribution in [0.3, 0.4) is 0 Å². The molecule has 4 aromatic rings. The first-order valence-corrected chi connectivity index (χ1v) is 10.5. The molecule has 0 aliphatic carbocycles. The molecule has 0 bridgehead atoms. The minimum atomic E-state index is -0.0447. The fourth-order valence-corrected chi connectivity index (χ4v) is 3.55. The van der Waals surface area contributed by atoms with E-state index in [1.807, 2.05) is 54.7 Å². The maximum absolute atomic E-state index is 13.5. The van der Waals surface area contributed by atoms with Crippen LogP contribution in [0, 0.1) is 0 Å². The molecule has 0 aliphatic heterocycles. The molecule has 0 aliphatic rings. The highest BCUT2D eigenvalue weighted by molar-refractivity contribution is 6.17. The largest absolute Gasteiger partial charge is 0.497 e. The van der Waals surface area contributed by atoms with Gasteiger partial charge in [-0.15, -0.1) is 0 Å². The summed E-state index contributed by atoms with van der Waals surface area (Å²) in [5.41, 5.74) is 3.75. The lowest BCUT2D eigenvalue weighted by atomic mass is 9.98. The standard InChI is InChI=1S/C27H25NO3/c1-3-4-10-25-26(27(29)20-11-14-22(30-2)15-12-20)23-17-21(13-16-24(23)31-25)28-18-19-8-6-5-7-9-19/h5-9,11-18H,3-4,10H2,1-2H3. The molecule has 0 fully saturated rings. The van der Waals surface area contributed by atoms with Gasteiger partial charge < -0.3 is 9.15 Å². The average molecular weight is 412 g/mol. The molecule has 1 aromatic heterocycles. The van der Waals surface area contributed by atoms with Crippen LogP contribution in [-0.2, 0) is 6.42 Å². The third-order valence-electron chi connectivity index (χ3n) is 5.24. The van der Waals surface area contributed by atoms with E-state index in [9.17, 15) is 4.79 Å². The Bertz CT molecular complexity index is 1200. The fraction of sp³-hybridized carbons (Fsp3) is 0.185. The Kier molecular flexibility index (Phi) is 6.27. The number of aryl methyl sites for hydroxylation is 1. The van der Waals surface area contributed by atoms with Gasteiger partial charge in [-0.1, -0.05) is 43.7 Å². The van der Waals surface area contributed by atoms with Gasteiger partial charge >= 0.3 is 0 Å². The number of fused-ring (bicyclic) bond motifs is 1. The molecule has 0 amide bonds. The average Bonchev–Trinajstić information content (AvgIpc) is 3.19. The van der Waals surface area contributed by atoms with Crippen LogP contribution < -0.4 is 4.74 Å². The van der Waals surface area contributed by atoms with Crippen molar-refractivity contribution in [2.24, 2.45) is 4.99 Å². The highest BCUT2D eigenvalue weighted by Gasteiger charge is 2.22. The Labute approximate surface area is 182 Å². The molecule has 0 saturated heterocycles. The molecule has 0 atom stereocenters. The van der Waals surface area contributed by atoms with Gasteiger partial charge in [-0.05, 0) is 54.4 Å². The van der Waals surface area contributed by atoms with E-state index < -0.39 is 0 Å². The fourth-order valence-electron chi connectivity index (χ4n) is 3.55. The Hall–Kier alpha value is -3.66. The second-order valence-electron chi connectivity index (χ2n) is 7.41. The number of ketones is 1. The van der Waals surface area contributed by atoms with Gasteiger partial charge in [0.2, 0.25) is 0 Å². The minimum Gasteiger partial charge on any atom is -0.497 e. The van der Waals surface area contributed by atoms with Crippen LogP contribution in [0.2, 0.25) is 0 Å². The number of carbonyl (C=O) groups is 1. The molecule has 4 heteroatoms. The number of aliphatic imine (C=N–C) groups is 1.